The predicted octanol–water partition coefficient (Wildman–Crippen LogP) is 5.31. The summed E-state index contributed by atoms with van der Waals surface area (Å²) in [5.41, 5.74) is -0.109. The molecule has 3 rings (SSSR count). The Morgan fingerprint density at radius 2 is 1.11 bits per heavy atom. The molecule has 138 valence electrons. The van der Waals surface area contributed by atoms with Gasteiger partial charge in [-0.1, -0.05) is 74.4 Å². The van der Waals surface area contributed by atoms with Gasteiger partial charge in [0.1, 0.15) is 15.9 Å². The maximum absolute atomic E-state index is 13.7. The molecular weight excluding hydrogens is 351 g/mol. The van der Waals surface area contributed by atoms with E-state index in [0.29, 0.717) is 6.61 Å². The first kappa shape index (κ1) is 19.3. The standard InChI is InChI=1S/C24H26O2P/c1-2-3-13-20-26-24(25)27(21-14-7-4-8-15-21,22-16-9-5-10-17-22)23-18-11-6-12-19-23/h4-12,14-19H,2-3,13,20H2,1H3/q+1. The van der Waals surface area contributed by atoms with Crippen molar-refractivity contribution in [1.29, 1.82) is 0 Å². The highest BCUT2D eigenvalue weighted by Gasteiger charge is 2.55. The number of rotatable bonds is 8. The second-order valence-corrected chi connectivity index (χ2v) is 9.75. The Morgan fingerprint density at radius 3 is 1.48 bits per heavy atom. The molecule has 0 saturated carbocycles. The fourth-order valence-electron chi connectivity index (χ4n) is 3.33. The smallest absolute Gasteiger partial charge is 0.435 e. The molecule has 2 nitrogen and oxygen atoms in total. The van der Waals surface area contributed by atoms with Gasteiger partial charge in [-0.25, -0.2) is 4.79 Å². The highest BCUT2D eigenvalue weighted by Crippen LogP contribution is 2.56. The number of ether oxygens (including phenoxy) is 1. The fraction of sp³-hybridized carbons (Fsp3) is 0.208. The van der Waals surface area contributed by atoms with Crippen LogP contribution in [0.4, 0.5) is 4.79 Å². The first-order valence-electron chi connectivity index (χ1n) is 9.53. The first-order chi connectivity index (χ1) is 13.3. The lowest BCUT2D eigenvalue weighted by Crippen LogP contribution is -2.36. The molecule has 3 aromatic carbocycles. The summed E-state index contributed by atoms with van der Waals surface area (Å²) >= 11 is 0. The maximum Gasteiger partial charge on any atom is 0.466 e. The third-order valence-electron chi connectivity index (χ3n) is 4.68. The van der Waals surface area contributed by atoms with Gasteiger partial charge < -0.3 is 4.74 Å². The van der Waals surface area contributed by atoms with Crippen molar-refractivity contribution in [3.63, 3.8) is 0 Å². The zero-order valence-electron chi connectivity index (χ0n) is 15.8. The second-order valence-electron chi connectivity index (χ2n) is 6.50. The molecule has 0 spiro atoms. The molecule has 0 aromatic heterocycles. The summed E-state index contributed by atoms with van der Waals surface area (Å²) in [7, 11) is -2.55. The SMILES string of the molecule is CCCCCOC(=O)[P+](c1ccccc1)(c1ccccc1)c1ccccc1. The highest BCUT2D eigenvalue weighted by atomic mass is 31.2. The van der Waals surface area contributed by atoms with Gasteiger partial charge >= 0.3 is 5.71 Å². The average molecular weight is 377 g/mol. The lowest BCUT2D eigenvalue weighted by Gasteiger charge is -2.24. The Kier molecular flexibility index (Phi) is 6.79. The molecule has 0 bridgehead atoms. The van der Waals surface area contributed by atoms with Crippen LogP contribution in [0.1, 0.15) is 26.2 Å². The van der Waals surface area contributed by atoms with Gasteiger partial charge in [-0.3, -0.25) is 0 Å². The van der Waals surface area contributed by atoms with Gasteiger partial charge in [0, 0.05) is 0 Å². The van der Waals surface area contributed by atoms with Crippen molar-refractivity contribution >= 4 is 28.9 Å². The minimum atomic E-state index is -2.55. The summed E-state index contributed by atoms with van der Waals surface area (Å²) in [5.74, 6) is 0. The van der Waals surface area contributed by atoms with Gasteiger partial charge in [-0.2, -0.15) is 0 Å². The minimum absolute atomic E-state index is 0.109. The minimum Gasteiger partial charge on any atom is -0.435 e. The van der Waals surface area contributed by atoms with Gasteiger partial charge in [-0.15, -0.1) is 0 Å². The van der Waals surface area contributed by atoms with Crippen molar-refractivity contribution in [2.75, 3.05) is 6.61 Å². The van der Waals surface area contributed by atoms with Crippen LogP contribution >= 0.6 is 7.26 Å². The van der Waals surface area contributed by atoms with E-state index in [0.717, 1.165) is 35.2 Å². The molecule has 0 saturated heterocycles. The zero-order valence-corrected chi connectivity index (χ0v) is 16.6. The van der Waals surface area contributed by atoms with Crippen LogP contribution in [0.3, 0.4) is 0 Å². The molecule has 0 aliphatic carbocycles. The van der Waals surface area contributed by atoms with E-state index >= 15 is 0 Å². The topological polar surface area (TPSA) is 26.3 Å². The van der Waals surface area contributed by atoms with E-state index < -0.39 is 7.26 Å². The number of carbonyl (C=O) groups is 1. The number of benzene rings is 3. The van der Waals surface area contributed by atoms with Crippen LogP contribution in [0, 0.1) is 0 Å². The third kappa shape index (κ3) is 4.12. The molecule has 0 atom stereocenters. The van der Waals surface area contributed by atoms with Crippen LogP contribution in [0.2, 0.25) is 0 Å². The van der Waals surface area contributed by atoms with E-state index in [2.05, 4.69) is 43.3 Å². The van der Waals surface area contributed by atoms with Gasteiger partial charge in [0.15, 0.2) is 0 Å². The summed E-state index contributed by atoms with van der Waals surface area (Å²) in [6, 6.07) is 30.3. The predicted molar refractivity (Wildman–Crippen MR) is 116 cm³/mol. The zero-order chi connectivity index (χ0) is 19.0. The van der Waals surface area contributed by atoms with Gasteiger partial charge in [0.05, 0.1) is 6.61 Å². The van der Waals surface area contributed by atoms with E-state index in [-0.39, 0.29) is 5.71 Å². The summed E-state index contributed by atoms with van der Waals surface area (Å²) in [5, 5.41) is 3.09. The second kappa shape index (κ2) is 9.48. The molecule has 0 aliphatic rings. The molecule has 0 unspecified atom stereocenters. The van der Waals surface area contributed by atoms with E-state index in [4.69, 9.17) is 4.74 Å². The van der Waals surface area contributed by atoms with Crippen molar-refractivity contribution in [2.24, 2.45) is 0 Å². The fourth-order valence-corrected chi connectivity index (χ4v) is 7.00. The van der Waals surface area contributed by atoms with E-state index in [1.165, 1.54) is 0 Å². The Labute approximate surface area is 162 Å². The summed E-state index contributed by atoms with van der Waals surface area (Å²) < 4.78 is 5.88. The van der Waals surface area contributed by atoms with Gasteiger partial charge in [0.2, 0.25) is 7.26 Å². The molecule has 0 aliphatic heterocycles. The lowest BCUT2D eigenvalue weighted by molar-refractivity contribution is 0.171. The van der Waals surface area contributed by atoms with Crippen LogP contribution in [0.15, 0.2) is 91.0 Å². The van der Waals surface area contributed by atoms with Gasteiger partial charge in [-0.05, 0) is 42.8 Å². The van der Waals surface area contributed by atoms with Crippen molar-refractivity contribution in [2.45, 2.75) is 26.2 Å². The number of unbranched alkanes of at least 4 members (excludes halogenated alkanes) is 2. The molecule has 0 amide bonds. The van der Waals surface area contributed by atoms with Crippen LogP contribution in [-0.4, -0.2) is 12.3 Å². The number of hydrogen-bond donors (Lipinski definition) is 0. The normalized spacial score (nSPS) is 11.1. The molecule has 0 radical (unpaired) electrons. The van der Waals surface area contributed by atoms with Crippen LogP contribution < -0.4 is 15.9 Å². The summed E-state index contributed by atoms with van der Waals surface area (Å²) in [4.78, 5) is 13.7. The monoisotopic (exact) mass is 377 g/mol. The molecule has 27 heavy (non-hydrogen) atoms. The third-order valence-corrected chi connectivity index (χ3v) is 8.57. The maximum atomic E-state index is 13.7. The van der Waals surface area contributed by atoms with Crippen molar-refractivity contribution < 1.29 is 9.53 Å². The summed E-state index contributed by atoms with van der Waals surface area (Å²) in [6.07, 6.45) is 3.08. The van der Waals surface area contributed by atoms with Crippen molar-refractivity contribution in [3.05, 3.63) is 91.0 Å². The largest absolute Gasteiger partial charge is 0.466 e. The highest BCUT2D eigenvalue weighted by molar-refractivity contribution is 8.07. The number of hydrogen-bond acceptors (Lipinski definition) is 2. The quantitative estimate of drug-likeness (QED) is 0.393. The molecule has 0 heterocycles. The van der Waals surface area contributed by atoms with Crippen molar-refractivity contribution in [3.8, 4) is 0 Å². The van der Waals surface area contributed by atoms with Gasteiger partial charge in [0.25, 0.3) is 0 Å². The Bertz CT molecular complexity index is 735. The number of carbonyl (C=O) groups excluding carboxylic acids is 1. The molecule has 0 N–H and O–H groups in total. The molecular formula is C24H26O2P+. The molecule has 0 fully saturated rings. The van der Waals surface area contributed by atoms with E-state index in [1.54, 1.807) is 0 Å². The first-order valence-corrected chi connectivity index (χ1v) is 11.3. The van der Waals surface area contributed by atoms with Crippen LogP contribution in [0.5, 0.6) is 0 Å². The average Bonchev–Trinajstić information content (AvgIpc) is 2.74. The summed E-state index contributed by atoms with van der Waals surface area (Å²) in [6.45, 7) is 2.62. The Morgan fingerprint density at radius 1 is 0.704 bits per heavy atom. The van der Waals surface area contributed by atoms with Crippen molar-refractivity contribution in [1.82, 2.24) is 0 Å². The Hall–Kier alpha value is -2.44. The van der Waals surface area contributed by atoms with Crippen LogP contribution in [0.25, 0.3) is 0 Å². The van der Waals surface area contributed by atoms with Crippen LogP contribution in [-0.2, 0) is 4.74 Å². The van der Waals surface area contributed by atoms with E-state index in [9.17, 15) is 4.79 Å². The Balaban J connectivity index is 2.15. The van der Waals surface area contributed by atoms with E-state index in [1.807, 2.05) is 54.6 Å². The lowest BCUT2D eigenvalue weighted by atomic mass is 10.3. The molecule has 3 aromatic rings. The molecule has 3 heteroatoms.